The fraction of sp³-hybridized carbons (Fsp3) is 0.250. The number of ether oxygens (including phenoxy) is 1. The molecule has 0 bridgehead atoms. The Kier molecular flexibility index (Phi) is 6.69. The highest BCUT2D eigenvalue weighted by atomic mass is 35.5. The number of aromatic hydroxyl groups is 1. The normalized spacial score (nSPS) is 13.3. The fourth-order valence-corrected chi connectivity index (χ4v) is 3.39. The lowest BCUT2D eigenvalue weighted by atomic mass is 9.85. The van der Waals surface area contributed by atoms with Gasteiger partial charge in [0.05, 0.1) is 15.6 Å². The number of rotatable bonds is 6. The molecule has 30 heavy (non-hydrogen) atoms. The molecule has 2 amide bonds. The van der Waals surface area contributed by atoms with E-state index in [1.165, 1.54) is 30.3 Å². The highest BCUT2D eigenvalue weighted by Gasteiger charge is 2.20. The third-order valence-electron chi connectivity index (χ3n) is 4.66. The number of carbonyl (C=O) groups is 3. The summed E-state index contributed by atoms with van der Waals surface area (Å²) in [5, 5.41) is 23.6. The molecule has 0 saturated heterocycles. The van der Waals surface area contributed by atoms with Gasteiger partial charge in [-0.15, -0.1) is 0 Å². The summed E-state index contributed by atoms with van der Waals surface area (Å²) in [6.45, 7) is 0.546. The Morgan fingerprint density at radius 2 is 1.77 bits per heavy atom. The fourth-order valence-electron chi connectivity index (χ4n) is 2.82. The molecule has 4 N–H and O–H groups in total. The summed E-state index contributed by atoms with van der Waals surface area (Å²) in [6, 6.07) is 6.66. The molecule has 0 spiro atoms. The minimum atomic E-state index is -1.66. The number of anilines is 1. The molecular weight excluding hydrogens is 435 g/mol. The number of nitrogens with one attached hydrogen (secondary N) is 2. The number of amides is 2. The standard InChI is InChI=1S/C20H18Cl2N2O6/c21-14-6-11(24-19(27)20(28)29)7-15(22)17(14)30-12-4-5-16(25)13(8-12)18(26)23-9-10-2-1-3-10/h4-8,10,25H,1-3,9H2,(H,23,26)(H,24,27)(H,28,29). The maximum atomic E-state index is 12.4. The van der Waals surface area contributed by atoms with Gasteiger partial charge in [0.15, 0.2) is 5.75 Å². The molecule has 0 aromatic heterocycles. The van der Waals surface area contributed by atoms with Crippen molar-refractivity contribution in [1.82, 2.24) is 5.32 Å². The molecule has 3 rings (SSSR count). The first-order valence-electron chi connectivity index (χ1n) is 9.07. The van der Waals surface area contributed by atoms with Crippen molar-refractivity contribution in [2.24, 2.45) is 5.92 Å². The van der Waals surface area contributed by atoms with Gasteiger partial charge in [-0.3, -0.25) is 9.59 Å². The predicted octanol–water partition coefficient (Wildman–Crippen LogP) is 4.04. The Labute approximate surface area is 181 Å². The number of hydrogen-bond donors (Lipinski definition) is 4. The lowest BCUT2D eigenvalue weighted by Gasteiger charge is -2.25. The van der Waals surface area contributed by atoms with Crippen molar-refractivity contribution in [3.8, 4) is 17.2 Å². The maximum absolute atomic E-state index is 12.4. The van der Waals surface area contributed by atoms with E-state index in [9.17, 15) is 19.5 Å². The van der Waals surface area contributed by atoms with E-state index in [1.807, 2.05) is 0 Å². The maximum Gasteiger partial charge on any atom is 0.394 e. The second kappa shape index (κ2) is 9.23. The van der Waals surface area contributed by atoms with Crippen LogP contribution in [0.1, 0.15) is 29.6 Å². The Balaban J connectivity index is 1.76. The zero-order valence-corrected chi connectivity index (χ0v) is 17.1. The molecule has 1 saturated carbocycles. The van der Waals surface area contributed by atoms with Crippen molar-refractivity contribution in [3.05, 3.63) is 45.9 Å². The van der Waals surface area contributed by atoms with Crippen molar-refractivity contribution in [2.45, 2.75) is 19.3 Å². The molecule has 1 aliphatic carbocycles. The van der Waals surface area contributed by atoms with Crippen LogP contribution in [0.25, 0.3) is 0 Å². The van der Waals surface area contributed by atoms with Crippen LogP contribution in [-0.2, 0) is 9.59 Å². The summed E-state index contributed by atoms with van der Waals surface area (Å²) in [4.78, 5) is 34.3. The van der Waals surface area contributed by atoms with Gasteiger partial charge in [0.25, 0.3) is 5.91 Å². The number of phenols is 1. The molecule has 0 aliphatic heterocycles. The van der Waals surface area contributed by atoms with Crippen LogP contribution >= 0.6 is 23.2 Å². The first-order chi connectivity index (χ1) is 14.2. The summed E-state index contributed by atoms with van der Waals surface area (Å²) in [7, 11) is 0. The first-order valence-corrected chi connectivity index (χ1v) is 9.82. The highest BCUT2D eigenvalue weighted by Crippen LogP contribution is 2.39. The summed E-state index contributed by atoms with van der Waals surface area (Å²) < 4.78 is 5.67. The molecule has 10 heteroatoms. The second-order valence-corrected chi connectivity index (χ2v) is 7.63. The molecule has 8 nitrogen and oxygen atoms in total. The van der Waals surface area contributed by atoms with Crippen LogP contribution < -0.4 is 15.4 Å². The van der Waals surface area contributed by atoms with Gasteiger partial charge in [0, 0.05) is 12.2 Å². The van der Waals surface area contributed by atoms with Gasteiger partial charge in [0.2, 0.25) is 0 Å². The second-order valence-electron chi connectivity index (χ2n) is 6.82. The SMILES string of the molecule is O=C(O)C(=O)Nc1cc(Cl)c(Oc2ccc(O)c(C(=O)NCC3CCC3)c2)c(Cl)c1. The lowest BCUT2D eigenvalue weighted by Crippen LogP contribution is -2.32. The number of aliphatic carboxylic acids is 1. The van der Waals surface area contributed by atoms with Crippen molar-refractivity contribution in [1.29, 1.82) is 0 Å². The lowest BCUT2D eigenvalue weighted by molar-refractivity contribution is -0.147. The van der Waals surface area contributed by atoms with Gasteiger partial charge in [-0.25, -0.2) is 4.79 Å². The van der Waals surface area contributed by atoms with Crippen LogP contribution in [0.5, 0.6) is 17.2 Å². The Morgan fingerprint density at radius 3 is 2.33 bits per heavy atom. The average Bonchev–Trinajstić information content (AvgIpc) is 2.64. The van der Waals surface area contributed by atoms with Gasteiger partial charge in [-0.1, -0.05) is 29.6 Å². The summed E-state index contributed by atoms with van der Waals surface area (Å²) in [6.07, 6.45) is 3.32. The predicted molar refractivity (Wildman–Crippen MR) is 111 cm³/mol. The molecule has 0 atom stereocenters. The van der Waals surface area contributed by atoms with Crippen LogP contribution in [0.2, 0.25) is 10.0 Å². The third-order valence-corrected chi connectivity index (χ3v) is 5.22. The minimum absolute atomic E-state index is 0.00671. The van der Waals surface area contributed by atoms with Crippen LogP contribution in [-0.4, -0.2) is 34.5 Å². The van der Waals surface area contributed by atoms with Crippen LogP contribution in [0.15, 0.2) is 30.3 Å². The molecule has 0 unspecified atom stereocenters. The van der Waals surface area contributed by atoms with Crippen molar-refractivity contribution < 1.29 is 29.3 Å². The summed E-state index contributed by atoms with van der Waals surface area (Å²) in [5.41, 5.74) is 0.121. The van der Waals surface area contributed by atoms with E-state index in [1.54, 1.807) is 0 Å². The van der Waals surface area contributed by atoms with Gasteiger partial charge < -0.3 is 25.6 Å². The van der Waals surface area contributed by atoms with Crippen molar-refractivity contribution >= 4 is 46.7 Å². The third kappa shape index (κ3) is 5.14. The first kappa shape index (κ1) is 21.7. The zero-order valence-electron chi connectivity index (χ0n) is 15.6. The van der Waals surface area contributed by atoms with E-state index < -0.39 is 17.8 Å². The zero-order chi connectivity index (χ0) is 21.8. The molecule has 0 heterocycles. The molecule has 0 radical (unpaired) electrons. The molecule has 1 fully saturated rings. The number of carboxylic acids is 1. The highest BCUT2D eigenvalue weighted by molar-refractivity contribution is 6.39. The molecule has 158 valence electrons. The summed E-state index contributed by atoms with van der Waals surface area (Å²) >= 11 is 12.3. The van der Waals surface area contributed by atoms with E-state index in [2.05, 4.69) is 10.6 Å². The quantitative estimate of drug-likeness (QED) is 0.490. The minimum Gasteiger partial charge on any atom is -0.507 e. The van der Waals surface area contributed by atoms with Crippen molar-refractivity contribution in [3.63, 3.8) is 0 Å². The Bertz CT molecular complexity index is 984. The van der Waals surface area contributed by atoms with E-state index in [0.29, 0.717) is 12.5 Å². The van der Waals surface area contributed by atoms with Crippen molar-refractivity contribution in [2.75, 3.05) is 11.9 Å². The smallest absolute Gasteiger partial charge is 0.394 e. The van der Waals surface area contributed by atoms with Crippen LogP contribution in [0.4, 0.5) is 5.69 Å². The molecule has 2 aromatic rings. The summed E-state index contributed by atoms with van der Waals surface area (Å²) in [5.74, 6) is -2.81. The Morgan fingerprint density at radius 1 is 1.10 bits per heavy atom. The number of carboxylic acid groups (broad SMARTS) is 1. The van der Waals surface area contributed by atoms with E-state index >= 15 is 0 Å². The topological polar surface area (TPSA) is 125 Å². The number of carbonyl (C=O) groups excluding carboxylic acids is 2. The van der Waals surface area contributed by atoms with Crippen LogP contribution in [0.3, 0.4) is 0 Å². The van der Waals surface area contributed by atoms with E-state index in [-0.39, 0.29) is 38.5 Å². The van der Waals surface area contributed by atoms with Gasteiger partial charge in [-0.2, -0.15) is 0 Å². The Hall–Kier alpha value is -2.97. The van der Waals surface area contributed by atoms with Gasteiger partial charge in [0.1, 0.15) is 11.5 Å². The number of hydrogen-bond acceptors (Lipinski definition) is 5. The monoisotopic (exact) mass is 452 g/mol. The average molecular weight is 453 g/mol. The number of halogens is 2. The molecule has 1 aliphatic rings. The molecular formula is C20H18Cl2N2O6. The van der Waals surface area contributed by atoms with E-state index in [4.69, 9.17) is 33.0 Å². The number of phenolic OH excluding ortho intramolecular Hbond substituents is 1. The van der Waals surface area contributed by atoms with Gasteiger partial charge >= 0.3 is 11.9 Å². The molecule has 2 aromatic carbocycles. The van der Waals surface area contributed by atoms with Gasteiger partial charge in [-0.05, 0) is 49.1 Å². The largest absolute Gasteiger partial charge is 0.507 e. The van der Waals surface area contributed by atoms with E-state index in [0.717, 1.165) is 19.3 Å². The van der Waals surface area contributed by atoms with Crippen LogP contribution in [0, 0.1) is 5.92 Å². The number of benzene rings is 2.